The van der Waals surface area contributed by atoms with Crippen LogP contribution in [-0.2, 0) is 19.9 Å². The molecule has 31 heavy (non-hydrogen) atoms. The summed E-state index contributed by atoms with van der Waals surface area (Å²) in [5, 5.41) is 69.4. The maximum atomic E-state index is 13.8. The van der Waals surface area contributed by atoms with Gasteiger partial charge in [0.2, 0.25) is 11.5 Å². The van der Waals surface area contributed by atoms with Crippen LogP contribution in [-0.4, -0.2) is 114 Å². The molecule has 0 saturated carbocycles. The first-order chi connectivity index (χ1) is 14.6. The number of aromatic nitrogens is 2. The summed E-state index contributed by atoms with van der Waals surface area (Å²) in [6, 6.07) is 0. The molecule has 3 rings (SSSR count). The van der Waals surface area contributed by atoms with Crippen LogP contribution in [0.4, 0.5) is 4.39 Å². The van der Waals surface area contributed by atoms with Crippen molar-refractivity contribution < 1.29 is 54.3 Å². The predicted octanol–water partition coefficient (Wildman–Crippen LogP) is -5.74. The van der Waals surface area contributed by atoms with Crippen molar-refractivity contribution in [1.82, 2.24) is 9.55 Å². The molecule has 14 nitrogen and oxygen atoms in total. The van der Waals surface area contributed by atoms with Crippen LogP contribution in [0.25, 0.3) is 0 Å². The lowest BCUT2D eigenvalue weighted by Crippen LogP contribution is -2.61. The quantitative estimate of drug-likeness (QED) is 0.201. The van der Waals surface area contributed by atoms with E-state index >= 15 is 0 Å². The van der Waals surface area contributed by atoms with E-state index in [1.165, 1.54) is 0 Å². The van der Waals surface area contributed by atoms with E-state index in [-0.39, 0.29) is 0 Å². The van der Waals surface area contributed by atoms with Crippen LogP contribution in [0.1, 0.15) is 0 Å². The fourth-order valence-corrected chi connectivity index (χ4v) is 3.63. The Labute approximate surface area is 172 Å². The number of H-pyrrole nitrogens is 1. The Morgan fingerprint density at radius 2 is 1.71 bits per heavy atom. The minimum absolute atomic E-state index is 0.383. The summed E-state index contributed by atoms with van der Waals surface area (Å²) < 4.78 is 30.2. The number of halogens is 1. The van der Waals surface area contributed by atoms with Gasteiger partial charge in [0.05, 0.1) is 26.0 Å². The first-order valence-corrected chi connectivity index (χ1v) is 9.16. The molecule has 0 bridgehead atoms. The van der Waals surface area contributed by atoms with Crippen molar-refractivity contribution in [2.24, 2.45) is 0 Å². The summed E-state index contributed by atoms with van der Waals surface area (Å²) in [5.74, 6) is -1.43. The van der Waals surface area contributed by atoms with Gasteiger partial charge in [0.15, 0.2) is 6.29 Å². The van der Waals surface area contributed by atoms with Gasteiger partial charge in [-0.2, -0.15) is 4.39 Å². The van der Waals surface area contributed by atoms with Crippen molar-refractivity contribution in [2.75, 3.05) is 19.8 Å². The van der Waals surface area contributed by atoms with Gasteiger partial charge < -0.3 is 50.0 Å². The topological polar surface area (TPSA) is 224 Å². The number of hydrogen-bond acceptors (Lipinski definition) is 12. The van der Waals surface area contributed by atoms with Crippen LogP contribution in [0.2, 0.25) is 0 Å². The summed E-state index contributed by atoms with van der Waals surface area (Å²) in [4.78, 5) is 25.1. The van der Waals surface area contributed by atoms with E-state index in [2.05, 4.69) is 0 Å². The highest BCUT2D eigenvalue weighted by atomic mass is 19.1. The molecule has 8 N–H and O–H groups in total. The third-order valence-corrected chi connectivity index (χ3v) is 5.35. The highest BCUT2D eigenvalue weighted by Gasteiger charge is 2.58. The van der Waals surface area contributed by atoms with Crippen LogP contribution in [0.5, 0.6) is 0 Å². The third kappa shape index (κ3) is 3.93. The number of nitrogens with one attached hydrogen (secondary N) is 1. The number of hydrogen-bond donors (Lipinski definition) is 8. The van der Waals surface area contributed by atoms with Crippen molar-refractivity contribution in [3.63, 3.8) is 0 Å². The molecule has 0 aromatic carbocycles. The van der Waals surface area contributed by atoms with Crippen LogP contribution in [0, 0.1) is 5.82 Å². The SMILES string of the molecule is O=c1[nH]c(=O)n([C@]2(CO)O[C@H](CO)C(O[C@@H]3OC(CO)[C@H](O)[C@@H](O)C3O)[C@H]2O)cc1F. The largest absolute Gasteiger partial charge is 0.394 e. The van der Waals surface area contributed by atoms with Gasteiger partial charge in [-0.3, -0.25) is 14.3 Å². The zero-order valence-electron chi connectivity index (χ0n) is 15.8. The second-order valence-electron chi connectivity index (χ2n) is 7.19. The summed E-state index contributed by atoms with van der Waals surface area (Å²) >= 11 is 0. The van der Waals surface area contributed by atoms with Gasteiger partial charge in [-0.15, -0.1) is 0 Å². The Hall–Kier alpha value is -1.79. The van der Waals surface area contributed by atoms with Crippen molar-refractivity contribution in [1.29, 1.82) is 0 Å². The average Bonchev–Trinajstić information content (AvgIpc) is 3.03. The van der Waals surface area contributed by atoms with Crippen LogP contribution >= 0.6 is 0 Å². The number of aromatic amines is 1. The number of rotatable bonds is 6. The molecule has 2 fully saturated rings. The third-order valence-electron chi connectivity index (χ3n) is 5.35. The predicted molar refractivity (Wildman–Crippen MR) is 92.9 cm³/mol. The number of nitrogens with zero attached hydrogens (tertiary/aromatic N) is 1. The summed E-state index contributed by atoms with van der Waals surface area (Å²) in [7, 11) is 0. The molecular weight excluding hydrogens is 431 g/mol. The second kappa shape index (κ2) is 8.99. The second-order valence-corrected chi connectivity index (χ2v) is 7.19. The molecule has 9 atom stereocenters. The molecule has 3 unspecified atom stereocenters. The number of aliphatic hydroxyl groups is 7. The lowest BCUT2D eigenvalue weighted by atomic mass is 9.98. The summed E-state index contributed by atoms with van der Waals surface area (Å²) in [6.07, 6.45) is -13.1. The first-order valence-electron chi connectivity index (χ1n) is 9.16. The molecule has 0 aliphatic carbocycles. The van der Waals surface area contributed by atoms with E-state index in [9.17, 15) is 49.7 Å². The Kier molecular flexibility index (Phi) is 6.92. The maximum absolute atomic E-state index is 13.8. The van der Waals surface area contributed by atoms with E-state index in [1.807, 2.05) is 0 Å². The maximum Gasteiger partial charge on any atom is 0.331 e. The number of ether oxygens (including phenoxy) is 3. The Balaban J connectivity index is 1.95. The Morgan fingerprint density at radius 1 is 1.06 bits per heavy atom. The zero-order valence-corrected chi connectivity index (χ0v) is 15.8. The van der Waals surface area contributed by atoms with E-state index in [1.54, 1.807) is 4.98 Å². The molecule has 176 valence electrons. The molecule has 1 aromatic heterocycles. The minimum Gasteiger partial charge on any atom is -0.394 e. The van der Waals surface area contributed by atoms with Gasteiger partial charge in [0, 0.05) is 0 Å². The van der Waals surface area contributed by atoms with Gasteiger partial charge in [-0.05, 0) is 0 Å². The summed E-state index contributed by atoms with van der Waals surface area (Å²) in [6.45, 7) is -2.74. The fourth-order valence-electron chi connectivity index (χ4n) is 3.63. The molecule has 0 spiro atoms. The fraction of sp³-hybridized carbons (Fsp3) is 0.750. The molecule has 15 heteroatoms. The number of aliphatic hydroxyl groups excluding tert-OH is 7. The molecule has 0 radical (unpaired) electrons. The average molecular weight is 454 g/mol. The standard InChI is InChI=1S/C16H23FN2O12/c17-5-1-19(15(28)18-13(5)27)16(4-22)12(26)11(7(3-21)31-16)30-14-10(25)9(24)8(23)6(2-20)29-14/h1,6-12,14,20-26H,2-4H2,(H,18,27,28)/t6?,7-,8+,9-,10?,11?,12-,14+,16-/m1/s1. The highest BCUT2D eigenvalue weighted by Crippen LogP contribution is 2.37. The smallest absolute Gasteiger partial charge is 0.331 e. The normalized spacial score (nSPS) is 40.9. The van der Waals surface area contributed by atoms with E-state index in [0.29, 0.717) is 10.8 Å². The van der Waals surface area contributed by atoms with E-state index < -0.39 is 91.6 Å². The Bertz CT molecular complexity index is 892. The van der Waals surface area contributed by atoms with Gasteiger partial charge in [0.25, 0.3) is 5.56 Å². The van der Waals surface area contributed by atoms with Gasteiger partial charge in [0.1, 0.15) is 42.7 Å². The molecule has 2 aliphatic rings. The summed E-state index contributed by atoms with van der Waals surface area (Å²) in [5.41, 5.74) is -5.01. The van der Waals surface area contributed by atoms with Crippen molar-refractivity contribution in [3.05, 3.63) is 32.9 Å². The highest BCUT2D eigenvalue weighted by molar-refractivity contribution is 5.04. The zero-order chi connectivity index (χ0) is 23.1. The van der Waals surface area contributed by atoms with Gasteiger partial charge in [-0.25, -0.2) is 4.79 Å². The molecule has 2 aliphatic heterocycles. The minimum atomic E-state index is -2.41. The molecular formula is C16H23FN2O12. The van der Waals surface area contributed by atoms with E-state index in [4.69, 9.17) is 14.2 Å². The molecule has 3 heterocycles. The van der Waals surface area contributed by atoms with Crippen LogP contribution in [0.15, 0.2) is 15.8 Å². The van der Waals surface area contributed by atoms with Crippen LogP contribution < -0.4 is 11.2 Å². The van der Waals surface area contributed by atoms with Gasteiger partial charge >= 0.3 is 5.69 Å². The molecule has 2 saturated heterocycles. The lowest BCUT2D eigenvalue weighted by molar-refractivity contribution is -0.318. The van der Waals surface area contributed by atoms with Gasteiger partial charge in [-0.1, -0.05) is 0 Å². The van der Waals surface area contributed by atoms with Crippen molar-refractivity contribution in [2.45, 2.75) is 54.7 Å². The van der Waals surface area contributed by atoms with E-state index in [0.717, 1.165) is 0 Å². The monoisotopic (exact) mass is 454 g/mol. The van der Waals surface area contributed by atoms with Crippen LogP contribution in [0.3, 0.4) is 0 Å². The lowest BCUT2D eigenvalue weighted by Gasteiger charge is -2.41. The van der Waals surface area contributed by atoms with Crippen molar-refractivity contribution >= 4 is 0 Å². The molecule has 0 amide bonds. The van der Waals surface area contributed by atoms with Crippen molar-refractivity contribution in [3.8, 4) is 0 Å². The Morgan fingerprint density at radius 3 is 2.29 bits per heavy atom. The first kappa shape index (κ1) is 23.9. The molecule has 1 aromatic rings.